The highest BCUT2D eigenvalue weighted by Crippen LogP contribution is 2.14. The molecule has 1 rings (SSSR count). The molecular weight excluding hydrogens is 212 g/mol. The minimum Gasteiger partial charge on any atom is -0.377 e. The third-order valence-electron chi connectivity index (χ3n) is 3.49. The first kappa shape index (κ1) is 14.9. The van der Waals surface area contributed by atoms with Gasteiger partial charge in [0, 0.05) is 24.7 Å². The smallest absolute Gasteiger partial charge is 0.0702 e. The van der Waals surface area contributed by atoms with Crippen molar-refractivity contribution in [2.75, 3.05) is 26.7 Å². The highest BCUT2D eigenvalue weighted by atomic mass is 16.5. The summed E-state index contributed by atoms with van der Waals surface area (Å²) < 4.78 is 5.68. The minimum absolute atomic E-state index is 0.229. The molecule has 102 valence electrons. The van der Waals surface area contributed by atoms with E-state index >= 15 is 0 Å². The van der Waals surface area contributed by atoms with Crippen LogP contribution in [0.15, 0.2) is 0 Å². The molecule has 1 N–H and O–H groups in total. The molecule has 0 saturated carbocycles. The van der Waals surface area contributed by atoms with Crippen LogP contribution < -0.4 is 5.32 Å². The fraction of sp³-hybridized carbons (Fsp3) is 1.00. The molecule has 1 fully saturated rings. The van der Waals surface area contributed by atoms with Crippen LogP contribution in [0.2, 0.25) is 0 Å². The fourth-order valence-electron chi connectivity index (χ4n) is 2.17. The van der Waals surface area contributed by atoms with Crippen LogP contribution in [0, 0.1) is 0 Å². The average Bonchev–Trinajstić information content (AvgIpc) is 2.68. The van der Waals surface area contributed by atoms with Crippen molar-refractivity contribution in [2.24, 2.45) is 0 Å². The van der Waals surface area contributed by atoms with Crippen LogP contribution in [0.5, 0.6) is 0 Å². The van der Waals surface area contributed by atoms with Crippen molar-refractivity contribution in [1.29, 1.82) is 0 Å². The molecule has 0 aliphatic carbocycles. The minimum atomic E-state index is 0.229. The molecule has 17 heavy (non-hydrogen) atoms. The zero-order valence-electron chi connectivity index (χ0n) is 12.3. The van der Waals surface area contributed by atoms with Crippen LogP contribution >= 0.6 is 0 Å². The molecule has 1 saturated heterocycles. The lowest BCUT2D eigenvalue weighted by Crippen LogP contribution is -2.41. The van der Waals surface area contributed by atoms with E-state index < -0.39 is 0 Å². The molecule has 0 aromatic rings. The van der Waals surface area contributed by atoms with Gasteiger partial charge in [0.25, 0.3) is 0 Å². The van der Waals surface area contributed by atoms with Crippen LogP contribution in [0.3, 0.4) is 0 Å². The van der Waals surface area contributed by atoms with E-state index in [4.69, 9.17) is 4.74 Å². The second kappa shape index (κ2) is 6.72. The van der Waals surface area contributed by atoms with E-state index in [9.17, 15) is 0 Å². The Morgan fingerprint density at radius 3 is 2.65 bits per heavy atom. The molecule has 3 nitrogen and oxygen atoms in total. The molecule has 1 heterocycles. The Balaban J connectivity index is 2.15. The van der Waals surface area contributed by atoms with Crippen molar-refractivity contribution in [3.63, 3.8) is 0 Å². The second-order valence-corrected chi connectivity index (χ2v) is 6.39. The molecule has 2 atom stereocenters. The molecule has 0 spiro atoms. The van der Waals surface area contributed by atoms with Gasteiger partial charge in [-0.1, -0.05) is 0 Å². The first-order chi connectivity index (χ1) is 7.88. The first-order valence-corrected chi connectivity index (χ1v) is 6.95. The third kappa shape index (κ3) is 6.39. The molecule has 1 aliphatic heterocycles. The summed E-state index contributed by atoms with van der Waals surface area (Å²) in [4.78, 5) is 2.43. The van der Waals surface area contributed by atoms with E-state index in [0.717, 1.165) is 19.7 Å². The van der Waals surface area contributed by atoms with Gasteiger partial charge in [-0.25, -0.2) is 0 Å². The largest absolute Gasteiger partial charge is 0.377 e. The van der Waals surface area contributed by atoms with Crippen molar-refractivity contribution in [1.82, 2.24) is 10.2 Å². The van der Waals surface area contributed by atoms with Crippen LogP contribution in [-0.4, -0.2) is 49.3 Å². The number of nitrogens with zero attached hydrogens (tertiary/aromatic N) is 1. The predicted molar refractivity (Wildman–Crippen MR) is 73.4 cm³/mol. The molecule has 0 radical (unpaired) electrons. The van der Waals surface area contributed by atoms with Gasteiger partial charge in [0.2, 0.25) is 0 Å². The number of hydrogen-bond donors (Lipinski definition) is 1. The van der Waals surface area contributed by atoms with Crippen LogP contribution in [0.1, 0.15) is 47.0 Å². The number of likely N-dealkylation sites (N-methyl/N-ethyl adjacent to an activating group) is 1. The maximum Gasteiger partial charge on any atom is 0.0702 e. The van der Waals surface area contributed by atoms with Gasteiger partial charge in [-0.15, -0.1) is 0 Å². The Morgan fingerprint density at radius 2 is 2.12 bits per heavy atom. The lowest BCUT2D eigenvalue weighted by atomic mass is 10.1. The topological polar surface area (TPSA) is 24.5 Å². The number of nitrogens with one attached hydrogen (secondary N) is 1. The van der Waals surface area contributed by atoms with Crippen molar-refractivity contribution in [2.45, 2.75) is 64.6 Å². The van der Waals surface area contributed by atoms with Gasteiger partial charge >= 0.3 is 0 Å². The third-order valence-corrected chi connectivity index (χ3v) is 3.49. The Labute approximate surface area is 107 Å². The molecule has 0 amide bonds. The lowest BCUT2D eigenvalue weighted by molar-refractivity contribution is 0.0689. The maximum atomic E-state index is 5.68. The maximum absolute atomic E-state index is 5.68. The summed E-state index contributed by atoms with van der Waals surface area (Å²) in [6.45, 7) is 12.1. The highest BCUT2D eigenvalue weighted by molar-refractivity contribution is 4.75. The summed E-state index contributed by atoms with van der Waals surface area (Å²) in [6.07, 6.45) is 4.13. The zero-order chi connectivity index (χ0) is 12.9. The van der Waals surface area contributed by atoms with Gasteiger partial charge in [-0.3, -0.25) is 0 Å². The summed E-state index contributed by atoms with van der Waals surface area (Å²) in [5.41, 5.74) is 0.229. The van der Waals surface area contributed by atoms with Crippen LogP contribution in [0.4, 0.5) is 0 Å². The molecule has 0 aromatic heterocycles. The second-order valence-electron chi connectivity index (χ2n) is 6.39. The molecule has 2 unspecified atom stereocenters. The normalized spacial score (nSPS) is 23.3. The summed E-state index contributed by atoms with van der Waals surface area (Å²) >= 11 is 0. The van der Waals surface area contributed by atoms with E-state index in [1.165, 1.54) is 19.3 Å². The Morgan fingerprint density at radius 1 is 1.41 bits per heavy atom. The highest BCUT2D eigenvalue weighted by Gasteiger charge is 2.20. The van der Waals surface area contributed by atoms with Gasteiger partial charge < -0.3 is 15.0 Å². The summed E-state index contributed by atoms with van der Waals surface area (Å²) in [6, 6.07) is 0.619. The lowest BCUT2D eigenvalue weighted by Gasteiger charge is -2.28. The van der Waals surface area contributed by atoms with Crippen molar-refractivity contribution in [3.8, 4) is 0 Å². The van der Waals surface area contributed by atoms with Crippen molar-refractivity contribution in [3.05, 3.63) is 0 Å². The Bertz CT molecular complexity index is 207. The van der Waals surface area contributed by atoms with E-state index in [0.29, 0.717) is 12.1 Å². The van der Waals surface area contributed by atoms with Crippen LogP contribution in [-0.2, 0) is 4.74 Å². The standard InChI is InChI=1S/C14H30N2O/c1-12(8-9-15-14(2,3)4)16(5)11-13-7-6-10-17-13/h12-13,15H,6-11H2,1-5H3. The average molecular weight is 242 g/mol. The van der Waals surface area contributed by atoms with Gasteiger partial charge in [0.05, 0.1) is 6.10 Å². The molecule has 0 aromatic carbocycles. The van der Waals surface area contributed by atoms with E-state index in [2.05, 4.69) is 45.0 Å². The SMILES string of the molecule is CC(CCNC(C)(C)C)N(C)CC1CCCO1. The number of hydrogen-bond acceptors (Lipinski definition) is 3. The summed E-state index contributed by atoms with van der Waals surface area (Å²) in [5, 5.41) is 3.54. The van der Waals surface area contributed by atoms with Gasteiger partial charge in [-0.05, 0) is 60.5 Å². The molecule has 1 aliphatic rings. The van der Waals surface area contributed by atoms with Crippen molar-refractivity contribution >= 4 is 0 Å². The molecule has 0 bridgehead atoms. The summed E-state index contributed by atoms with van der Waals surface area (Å²) in [7, 11) is 2.21. The predicted octanol–water partition coefficient (Wildman–Crippen LogP) is 2.26. The van der Waals surface area contributed by atoms with E-state index in [-0.39, 0.29) is 5.54 Å². The van der Waals surface area contributed by atoms with Gasteiger partial charge in [0.15, 0.2) is 0 Å². The quantitative estimate of drug-likeness (QED) is 0.773. The first-order valence-electron chi connectivity index (χ1n) is 6.95. The van der Waals surface area contributed by atoms with E-state index in [1.54, 1.807) is 0 Å². The number of rotatable bonds is 6. The Kier molecular flexibility index (Phi) is 5.90. The number of ether oxygens (including phenoxy) is 1. The van der Waals surface area contributed by atoms with Crippen LogP contribution in [0.25, 0.3) is 0 Å². The molecular formula is C14H30N2O. The summed E-state index contributed by atoms with van der Waals surface area (Å²) in [5.74, 6) is 0. The fourth-order valence-corrected chi connectivity index (χ4v) is 2.17. The zero-order valence-corrected chi connectivity index (χ0v) is 12.3. The molecule has 3 heteroatoms. The van der Waals surface area contributed by atoms with E-state index in [1.807, 2.05) is 0 Å². The Hall–Kier alpha value is -0.120. The monoisotopic (exact) mass is 242 g/mol. The van der Waals surface area contributed by atoms with Gasteiger partial charge in [-0.2, -0.15) is 0 Å². The van der Waals surface area contributed by atoms with Gasteiger partial charge in [0.1, 0.15) is 0 Å². The van der Waals surface area contributed by atoms with Crippen molar-refractivity contribution < 1.29 is 4.74 Å².